The summed E-state index contributed by atoms with van der Waals surface area (Å²) >= 11 is 0. The maximum Gasteiger partial charge on any atom is 0.248 e. The Labute approximate surface area is 142 Å². The van der Waals surface area contributed by atoms with Crippen LogP contribution in [-0.4, -0.2) is 42.8 Å². The third-order valence-electron chi connectivity index (χ3n) is 4.50. The molecule has 1 unspecified atom stereocenters. The van der Waals surface area contributed by atoms with E-state index in [4.69, 9.17) is 0 Å². The second-order valence-corrected chi connectivity index (χ2v) is 6.15. The van der Waals surface area contributed by atoms with E-state index in [1.807, 2.05) is 24.0 Å². The number of imide groups is 1. The van der Waals surface area contributed by atoms with Gasteiger partial charge in [0.2, 0.25) is 18.7 Å². The molecule has 2 N–H and O–H groups in total. The summed E-state index contributed by atoms with van der Waals surface area (Å²) in [6, 6.07) is 7.67. The van der Waals surface area contributed by atoms with Crippen molar-refractivity contribution in [1.29, 1.82) is 0 Å². The lowest BCUT2D eigenvalue weighted by atomic mass is 9.89. The molecule has 2 rings (SSSR count). The first kappa shape index (κ1) is 18.0. The highest BCUT2D eigenvalue weighted by molar-refractivity contribution is 5.91. The van der Waals surface area contributed by atoms with Gasteiger partial charge in [0.05, 0.1) is 0 Å². The van der Waals surface area contributed by atoms with E-state index in [0.29, 0.717) is 18.7 Å². The van der Waals surface area contributed by atoms with E-state index in [1.165, 1.54) is 5.56 Å². The standard InChI is InChI=1S/C18H25N3O3/c1-2-3-17(18(24)19-12-22)20-16-6-4-14(5-7-16)15-8-10-21(13-23)11-9-15/h4-7,12-13,15,17,20H,2-3,8-11H2,1H3,(H,19,22,24). The van der Waals surface area contributed by atoms with Crippen LogP contribution in [-0.2, 0) is 14.4 Å². The van der Waals surface area contributed by atoms with Crippen molar-refractivity contribution in [2.45, 2.75) is 44.6 Å². The maximum atomic E-state index is 11.9. The van der Waals surface area contributed by atoms with Gasteiger partial charge in [0.1, 0.15) is 6.04 Å². The van der Waals surface area contributed by atoms with E-state index in [2.05, 4.69) is 22.8 Å². The molecule has 6 heteroatoms. The summed E-state index contributed by atoms with van der Waals surface area (Å²) in [5, 5.41) is 5.39. The number of carbonyl (C=O) groups excluding carboxylic acids is 3. The van der Waals surface area contributed by atoms with Crippen molar-refractivity contribution in [2.24, 2.45) is 0 Å². The molecule has 0 spiro atoms. The van der Waals surface area contributed by atoms with Gasteiger partial charge in [-0.15, -0.1) is 0 Å². The molecule has 1 aliphatic rings. The molecule has 0 bridgehead atoms. The van der Waals surface area contributed by atoms with Crippen LogP contribution in [0.2, 0.25) is 0 Å². The molecule has 24 heavy (non-hydrogen) atoms. The second kappa shape index (κ2) is 9.05. The summed E-state index contributed by atoms with van der Waals surface area (Å²) < 4.78 is 0. The monoisotopic (exact) mass is 331 g/mol. The summed E-state index contributed by atoms with van der Waals surface area (Å²) in [6.45, 7) is 3.61. The van der Waals surface area contributed by atoms with Gasteiger partial charge in [-0.2, -0.15) is 0 Å². The van der Waals surface area contributed by atoms with E-state index in [-0.39, 0.29) is 5.91 Å². The number of carbonyl (C=O) groups is 3. The lowest BCUT2D eigenvalue weighted by Gasteiger charge is -2.29. The van der Waals surface area contributed by atoms with E-state index < -0.39 is 6.04 Å². The van der Waals surface area contributed by atoms with Crippen LogP contribution in [0.1, 0.15) is 44.1 Å². The maximum absolute atomic E-state index is 11.9. The van der Waals surface area contributed by atoms with Gasteiger partial charge in [-0.1, -0.05) is 25.5 Å². The summed E-state index contributed by atoms with van der Waals surface area (Å²) in [7, 11) is 0. The molecule has 1 aromatic rings. The van der Waals surface area contributed by atoms with Crippen LogP contribution < -0.4 is 10.6 Å². The Morgan fingerprint density at radius 1 is 1.25 bits per heavy atom. The summed E-state index contributed by atoms with van der Waals surface area (Å²) in [5.41, 5.74) is 2.12. The van der Waals surface area contributed by atoms with Gasteiger partial charge in [-0.05, 0) is 42.9 Å². The number of hydrogen-bond donors (Lipinski definition) is 2. The Morgan fingerprint density at radius 3 is 2.46 bits per heavy atom. The highest BCUT2D eigenvalue weighted by Crippen LogP contribution is 2.28. The Hall–Kier alpha value is -2.37. The van der Waals surface area contributed by atoms with Gasteiger partial charge < -0.3 is 10.2 Å². The molecule has 1 aliphatic heterocycles. The van der Waals surface area contributed by atoms with Crippen LogP contribution in [0.5, 0.6) is 0 Å². The van der Waals surface area contributed by atoms with Crippen LogP contribution in [0.25, 0.3) is 0 Å². The molecule has 0 saturated carbocycles. The van der Waals surface area contributed by atoms with E-state index >= 15 is 0 Å². The number of nitrogens with one attached hydrogen (secondary N) is 2. The second-order valence-electron chi connectivity index (χ2n) is 6.15. The zero-order chi connectivity index (χ0) is 17.4. The number of piperidine rings is 1. The summed E-state index contributed by atoms with van der Waals surface area (Å²) in [4.78, 5) is 34.9. The first-order valence-electron chi connectivity index (χ1n) is 8.47. The number of benzene rings is 1. The summed E-state index contributed by atoms with van der Waals surface area (Å²) in [6.07, 6.45) is 4.79. The number of nitrogens with zero attached hydrogens (tertiary/aromatic N) is 1. The van der Waals surface area contributed by atoms with Crippen molar-refractivity contribution in [3.05, 3.63) is 29.8 Å². The Kier molecular flexibility index (Phi) is 6.78. The molecule has 0 radical (unpaired) electrons. The Morgan fingerprint density at radius 2 is 1.92 bits per heavy atom. The highest BCUT2D eigenvalue weighted by atomic mass is 16.2. The van der Waals surface area contributed by atoms with Gasteiger partial charge in [0.25, 0.3) is 0 Å². The van der Waals surface area contributed by atoms with Crippen LogP contribution in [0.15, 0.2) is 24.3 Å². The van der Waals surface area contributed by atoms with Crippen molar-refractivity contribution >= 4 is 24.4 Å². The molecule has 6 nitrogen and oxygen atoms in total. The van der Waals surface area contributed by atoms with Crippen molar-refractivity contribution in [2.75, 3.05) is 18.4 Å². The highest BCUT2D eigenvalue weighted by Gasteiger charge is 2.20. The average molecular weight is 331 g/mol. The molecule has 1 heterocycles. The molecule has 0 aromatic heterocycles. The fraction of sp³-hybridized carbons (Fsp3) is 0.500. The molecule has 0 aliphatic carbocycles. The zero-order valence-electron chi connectivity index (χ0n) is 14.0. The van der Waals surface area contributed by atoms with E-state index in [9.17, 15) is 14.4 Å². The zero-order valence-corrected chi connectivity index (χ0v) is 14.0. The minimum Gasteiger partial charge on any atom is -0.374 e. The third-order valence-corrected chi connectivity index (χ3v) is 4.50. The van der Waals surface area contributed by atoms with Gasteiger partial charge >= 0.3 is 0 Å². The van der Waals surface area contributed by atoms with Gasteiger partial charge in [0.15, 0.2) is 0 Å². The van der Waals surface area contributed by atoms with Gasteiger partial charge in [-0.3, -0.25) is 19.7 Å². The lowest BCUT2D eigenvalue weighted by molar-refractivity contribution is -0.126. The predicted octanol–water partition coefficient (Wildman–Crippen LogP) is 1.88. The van der Waals surface area contributed by atoms with Crippen LogP contribution in [0.4, 0.5) is 5.69 Å². The number of likely N-dealkylation sites (tertiary alicyclic amines) is 1. The molecular formula is C18H25N3O3. The van der Waals surface area contributed by atoms with Crippen LogP contribution >= 0.6 is 0 Å². The van der Waals surface area contributed by atoms with Gasteiger partial charge in [-0.25, -0.2) is 0 Å². The predicted molar refractivity (Wildman–Crippen MR) is 92.6 cm³/mol. The summed E-state index contributed by atoms with van der Waals surface area (Å²) in [5.74, 6) is 0.164. The van der Waals surface area contributed by atoms with Crippen molar-refractivity contribution in [3.63, 3.8) is 0 Å². The fourth-order valence-electron chi connectivity index (χ4n) is 3.11. The largest absolute Gasteiger partial charge is 0.374 e. The van der Waals surface area contributed by atoms with Crippen molar-refractivity contribution in [3.8, 4) is 0 Å². The topological polar surface area (TPSA) is 78.5 Å². The van der Waals surface area contributed by atoms with Crippen molar-refractivity contribution in [1.82, 2.24) is 10.2 Å². The molecule has 1 saturated heterocycles. The van der Waals surface area contributed by atoms with Crippen LogP contribution in [0, 0.1) is 0 Å². The number of rotatable bonds is 8. The quantitative estimate of drug-likeness (QED) is 0.713. The van der Waals surface area contributed by atoms with Crippen molar-refractivity contribution < 1.29 is 14.4 Å². The first-order valence-corrected chi connectivity index (χ1v) is 8.47. The smallest absolute Gasteiger partial charge is 0.248 e. The number of hydrogen-bond acceptors (Lipinski definition) is 4. The van der Waals surface area contributed by atoms with E-state index in [0.717, 1.165) is 44.4 Å². The first-order chi connectivity index (χ1) is 11.7. The minimum absolute atomic E-state index is 0.308. The molecule has 1 aromatic carbocycles. The number of amides is 3. The van der Waals surface area contributed by atoms with Gasteiger partial charge in [0, 0.05) is 18.8 Å². The normalized spacial score (nSPS) is 16.3. The molecule has 130 valence electrons. The molecule has 1 atom stereocenters. The fourth-order valence-corrected chi connectivity index (χ4v) is 3.11. The molecular weight excluding hydrogens is 306 g/mol. The molecule has 1 fully saturated rings. The number of anilines is 1. The minimum atomic E-state index is -0.415. The lowest BCUT2D eigenvalue weighted by Crippen LogP contribution is -2.38. The third kappa shape index (κ3) is 4.81. The Bertz CT molecular complexity index is 551. The molecule has 3 amide bonds. The average Bonchev–Trinajstić information content (AvgIpc) is 2.62. The Balaban J connectivity index is 1.96. The van der Waals surface area contributed by atoms with E-state index in [1.54, 1.807) is 0 Å². The van der Waals surface area contributed by atoms with Crippen LogP contribution in [0.3, 0.4) is 0 Å². The SMILES string of the molecule is CCCC(Nc1ccc(C2CCN(C=O)CC2)cc1)C(=O)NC=O.